The molecule has 0 radical (unpaired) electrons. The Labute approximate surface area is 356 Å². The number of anilines is 3. The molecule has 0 saturated carbocycles. The van der Waals surface area contributed by atoms with Crippen LogP contribution >= 0.6 is 0 Å². The summed E-state index contributed by atoms with van der Waals surface area (Å²) in [5, 5.41) is 2.47. The molecule has 0 atom stereocenters. The van der Waals surface area contributed by atoms with Gasteiger partial charge < -0.3 is 9.47 Å². The van der Waals surface area contributed by atoms with E-state index in [1.807, 2.05) is 0 Å². The predicted octanol–water partition coefficient (Wildman–Crippen LogP) is 15.2. The van der Waals surface area contributed by atoms with E-state index in [-0.39, 0.29) is 0 Å². The smallest absolute Gasteiger partial charge is 0.0714 e. The van der Waals surface area contributed by atoms with Crippen molar-refractivity contribution in [3.05, 3.63) is 258 Å². The van der Waals surface area contributed by atoms with Crippen LogP contribution < -0.4 is 4.90 Å². The number of benzene rings is 9. The Kier molecular flexibility index (Phi) is 8.24. The lowest BCUT2D eigenvalue weighted by molar-refractivity contribution is 0.767. The van der Waals surface area contributed by atoms with E-state index < -0.39 is 5.41 Å². The van der Waals surface area contributed by atoms with Crippen LogP contribution in [0.1, 0.15) is 39.8 Å². The zero-order valence-corrected chi connectivity index (χ0v) is 33.7. The van der Waals surface area contributed by atoms with Gasteiger partial charge in [-0.15, -0.1) is 0 Å². The summed E-state index contributed by atoms with van der Waals surface area (Å²) in [5.74, 6) is 0. The molecule has 12 rings (SSSR count). The molecule has 0 amide bonds. The van der Waals surface area contributed by atoms with E-state index in [0.29, 0.717) is 0 Å². The van der Waals surface area contributed by atoms with Crippen LogP contribution in [0.4, 0.5) is 17.1 Å². The van der Waals surface area contributed by atoms with Crippen molar-refractivity contribution in [1.29, 1.82) is 0 Å². The van der Waals surface area contributed by atoms with Gasteiger partial charge in [0.2, 0.25) is 0 Å². The minimum atomic E-state index is -0.462. The van der Waals surface area contributed by atoms with E-state index in [1.54, 1.807) is 0 Å². The maximum atomic E-state index is 2.48. The van der Waals surface area contributed by atoms with Crippen LogP contribution in [0.3, 0.4) is 0 Å². The SMILES string of the molecule is C1=Cc2c(ccc3c2-c2ccc(-c4ccc(N(c5ccccc5)c5ccc6c(c5)c5ccccc5n6-c5ccccc5)cc4)cc2C3(c2ccccc2)c2ccccc2)CC1. The summed E-state index contributed by atoms with van der Waals surface area (Å²) < 4.78 is 2.38. The van der Waals surface area contributed by atoms with Crippen LogP contribution in [0.15, 0.2) is 224 Å². The van der Waals surface area contributed by atoms with Gasteiger partial charge in [0.25, 0.3) is 0 Å². The molecule has 1 heterocycles. The molecule has 2 nitrogen and oxygen atoms in total. The molecule has 0 bridgehead atoms. The van der Waals surface area contributed by atoms with Crippen LogP contribution in [0, 0.1) is 0 Å². The Morgan fingerprint density at radius 2 is 1.05 bits per heavy atom. The van der Waals surface area contributed by atoms with Crippen molar-refractivity contribution in [1.82, 2.24) is 4.57 Å². The minimum Gasteiger partial charge on any atom is -0.310 e. The quantitative estimate of drug-likeness (QED) is 0.156. The molecule has 2 heteroatoms. The Balaban J connectivity index is 1.00. The molecule has 61 heavy (non-hydrogen) atoms. The second kappa shape index (κ2) is 14.3. The van der Waals surface area contributed by atoms with E-state index in [2.05, 4.69) is 240 Å². The van der Waals surface area contributed by atoms with Gasteiger partial charge in [-0.25, -0.2) is 0 Å². The zero-order chi connectivity index (χ0) is 40.3. The van der Waals surface area contributed by atoms with Gasteiger partial charge in [0.15, 0.2) is 0 Å². The number of fused-ring (bicyclic) bond motifs is 8. The van der Waals surface area contributed by atoms with Crippen LogP contribution in [0.5, 0.6) is 0 Å². The molecule has 10 aromatic rings. The van der Waals surface area contributed by atoms with Gasteiger partial charge in [-0.05, 0) is 135 Å². The summed E-state index contributed by atoms with van der Waals surface area (Å²) in [6.45, 7) is 0. The highest BCUT2D eigenvalue weighted by molar-refractivity contribution is 6.10. The number of allylic oxidation sites excluding steroid dienone is 1. The van der Waals surface area contributed by atoms with E-state index in [0.717, 1.165) is 35.6 Å². The van der Waals surface area contributed by atoms with Crippen molar-refractivity contribution in [3.63, 3.8) is 0 Å². The standard InChI is InChI=1S/C59H42N2/c1-5-18-44(19-6-1)59(45-20-7-2-8-21-45)54-37-32-42-17-13-14-26-50(42)58(54)52-36-31-43(39-55(52)59)41-29-33-48(34-30-41)60(46-22-9-3-10-23-46)49-35-38-57-53(40-49)51-27-15-16-28-56(51)61(57)47-24-11-4-12-25-47/h1-12,14-16,18-40H,13,17H2. The molecular formula is C59H42N2. The highest BCUT2D eigenvalue weighted by Crippen LogP contribution is 2.58. The third-order valence-electron chi connectivity index (χ3n) is 13.1. The number of aryl methyl sites for hydroxylation is 1. The summed E-state index contributed by atoms with van der Waals surface area (Å²) in [4.78, 5) is 2.38. The molecule has 0 aliphatic heterocycles. The average Bonchev–Trinajstić information content (AvgIpc) is 3.83. The van der Waals surface area contributed by atoms with Crippen molar-refractivity contribution in [2.24, 2.45) is 0 Å². The molecule has 0 N–H and O–H groups in total. The topological polar surface area (TPSA) is 8.17 Å². The highest BCUT2D eigenvalue weighted by atomic mass is 15.1. The lowest BCUT2D eigenvalue weighted by Crippen LogP contribution is -2.28. The van der Waals surface area contributed by atoms with Crippen molar-refractivity contribution >= 4 is 44.9 Å². The molecule has 288 valence electrons. The molecule has 0 saturated heterocycles. The largest absolute Gasteiger partial charge is 0.310 e. The second-order valence-electron chi connectivity index (χ2n) is 16.4. The Morgan fingerprint density at radius 1 is 0.443 bits per heavy atom. The summed E-state index contributed by atoms with van der Waals surface area (Å²) in [7, 11) is 0. The molecule has 1 aromatic heterocycles. The summed E-state index contributed by atoms with van der Waals surface area (Å²) >= 11 is 0. The van der Waals surface area contributed by atoms with Gasteiger partial charge in [0, 0.05) is 33.5 Å². The zero-order valence-electron chi connectivity index (χ0n) is 33.7. The normalized spacial score (nSPS) is 13.5. The number of para-hydroxylation sites is 3. The Morgan fingerprint density at radius 3 is 1.79 bits per heavy atom. The molecule has 0 unspecified atom stereocenters. The van der Waals surface area contributed by atoms with Gasteiger partial charge >= 0.3 is 0 Å². The number of hydrogen-bond acceptors (Lipinski definition) is 1. The monoisotopic (exact) mass is 778 g/mol. The number of rotatable bonds is 7. The fraction of sp³-hybridized carbons (Fsp3) is 0.0508. The fourth-order valence-corrected chi connectivity index (χ4v) is 10.5. The maximum absolute atomic E-state index is 2.48. The first-order chi connectivity index (χ1) is 30.3. The molecule has 0 fully saturated rings. The van der Waals surface area contributed by atoms with Crippen molar-refractivity contribution < 1.29 is 0 Å². The Hall–Kier alpha value is -7.68. The molecule has 0 spiro atoms. The number of hydrogen-bond donors (Lipinski definition) is 0. The van der Waals surface area contributed by atoms with Crippen LogP contribution in [-0.4, -0.2) is 4.57 Å². The lowest BCUT2D eigenvalue weighted by Gasteiger charge is -2.34. The van der Waals surface area contributed by atoms with Gasteiger partial charge in [-0.2, -0.15) is 0 Å². The molecular weight excluding hydrogens is 737 g/mol. The summed E-state index contributed by atoms with van der Waals surface area (Å²) in [6.07, 6.45) is 6.89. The Bertz CT molecular complexity index is 3230. The second-order valence-corrected chi connectivity index (χ2v) is 16.4. The summed E-state index contributed by atoms with van der Waals surface area (Å²) in [5.41, 5.74) is 19.6. The van der Waals surface area contributed by atoms with Gasteiger partial charge in [-0.1, -0.05) is 164 Å². The van der Waals surface area contributed by atoms with E-state index in [9.17, 15) is 0 Å². The summed E-state index contributed by atoms with van der Waals surface area (Å²) in [6, 6.07) is 80.5. The van der Waals surface area contributed by atoms with E-state index in [1.165, 1.54) is 77.4 Å². The first kappa shape index (κ1) is 35.3. The van der Waals surface area contributed by atoms with Crippen molar-refractivity contribution in [2.75, 3.05) is 4.90 Å². The third-order valence-corrected chi connectivity index (χ3v) is 13.1. The lowest BCUT2D eigenvalue weighted by atomic mass is 9.67. The fourth-order valence-electron chi connectivity index (χ4n) is 10.5. The van der Waals surface area contributed by atoms with Crippen LogP contribution in [-0.2, 0) is 11.8 Å². The first-order valence-electron chi connectivity index (χ1n) is 21.4. The van der Waals surface area contributed by atoms with Crippen molar-refractivity contribution in [3.8, 4) is 27.9 Å². The van der Waals surface area contributed by atoms with Gasteiger partial charge in [-0.3, -0.25) is 0 Å². The van der Waals surface area contributed by atoms with E-state index in [4.69, 9.17) is 0 Å². The minimum absolute atomic E-state index is 0.462. The maximum Gasteiger partial charge on any atom is 0.0714 e. The first-order valence-corrected chi connectivity index (χ1v) is 21.4. The molecule has 9 aromatic carbocycles. The van der Waals surface area contributed by atoms with Crippen LogP contribution in [0.2, 0.25) is 0 Å². The number of nitrogens with zero attached hydrogens (tertiary/aromatic N) is 2. The molecule has 2 aliphatic carbocycles. The van der Waals surface area contributed by atoms with Crippen molar-refractivity contribution in [2.45, 2.75) is 18.3 Å². The average molecular weight is 779 g/mol. The number of aromatic nitrogens is 1. The van der Waals surface area contributed by atoms with E-state index >= 15 is 0 Å². The highest BCUT2D eigenvalue weighted by Gasteiger charge is 2.47. The van der Waals surface area contributed by atoms with Crippen LogP contribution in [0.25, 0.3) is 55.8 Å². The molecule has 2 aliphatic rings. The third kappa shape index (κ3) is 5.49. The predicted molar refractivity (Wildman–Crippen MR) is 256 cm³/mol. The van der Waals surface area contributed by atoms with Gasteiger partial charge in [0.05, 0.1) is 16.4 Å². The van der Waals surface area contributed by atoms with Gasteiger partial charge in [0.1, 0.15) is 0 Å².